The molecule has 0 amide bonds. The van der Waals surface area contributed by atoms with Crippen LogP contribution in [0.4, 0.5) is 0 Å². The number of hydrogen-bond acceptors (Lipinski definition) is 3. The number of esters is 1. The molecule has 0 N–H and O–H groups in total. The Hall–Kier alpha value is 0.450. The van der Waals surface area contributed by atoms with Gasteiger partial charge in [0.25, 0.3) is 0 Å². The summed E-state index contributed by atoms with van der Waals surface area (Å²) in [6, 6.07) is 0. The number of rotatable bonds is 2. The van der Waals surface area contributed by atoms with E-state index in [1.165, 1.54) is 11.8 Å². The third-order valence-electron chi connectivity index (χ3n) is 1.10. The highest BCUT2D eigenvalue weighted by Crippen LogP contribution is 2.41. The Bertz CT molecular complexity index is 252. The largest absolute Gasteiger partial charge is 0.462 e. The molecule has 0 aliphatic carbocycles. The van der Waals surface area contributed by atoms with Gasteiger partial charge in [0.1, 0.15) is 7.55 Å². The van der Waals surface area contributed by atoms with Gasteiger partial charge in [0.05, 0.1) is 6.61 Å². The highest BCUT2D eigenvalue weighted by molar-refractivity contribution is 14.2. The Labute approximate surface area is 90.4 Å². The minimum Gasteiger partial charge on any atom is -0.462 e. The maximum Gasteiger partial charge on any atom is 0.350 e. The van der Waals surface area contributed by atoms with Crippen LogP contribution in [0.25, 0.3) is 0 Å². The number of ether oxygens (including phenoxy) is 1. The maximum atomic E-state index is 11.2. The molecule has 0 saturated heterocycles. The van der Waals surface area contributed by atoms with Crippen molar-refractivity contribution in [1.29, 1.82) is 0 Å². The minimum atomic E-state index is -0.401. The topological polar surface area (TPSA) is 26.3 Å². The first kappa shape index (κ1) is 10.5. The molecule has 1 aliphatic heterocycles. The lowest BCUT2D eigenvalue weighted by atomic mass is 10.7. The SMILES string of the molecule is C=C1I=C(C(=O)OCC)SC1Cl. The van der Waals surface area contributed by atoms with Crippen molar-refractivity contribution in [3.8, 4) is 0 Å². The normalized spacial score (nSPS) is 23.0. The molecule has 1 atom stereocenters. The van der Waals surface area contributed by atoms with Crippen LogP contribution in [0.5, 0.6) is 0 Å². The molecule has 5 heteroatoms. The van der Waals surface area contributed by atoms with Gasteiger partial charge in [-0.05, 0) is 6.92 Å². The van der Waals surface area contributed by atoms with Crippen molar-refractivity contribution in [2.75, 3.05) is 6.61 Å². The van der Waals surface area contributed by atoms with Gasteiger partial charge in [-0.2, -0.15) is 0 Å². The van der Waals surface area contributed by atoms with Gasteiger partial charge in [-0.1, -0.05) is 39.1 Å². The van der Waals surface area contributed by atoms with E-state index in [2.05, 4.69) is 6.58 Å². The molecule has 0 radical (unpaired) electrons. The van der Waals surface area contributed by atoms with E-state index in [0.717, 1.165) is 6.42 Å². The molecule has 0 spiro atoms. The second-order valence-corrected chi connectivity index (χ2v) is 7.52. The quantitative estimate of drug-likeness (QED) is 0.444. The van der Waals surface area contributed by atoms with Crippen LogP contribution in [0.2, 0.25) is 0 Å². The van der Waals surface area contributed by atoms with E-state index >= 15 is 0 Å². The van der Waals surface area contributed by atoms with Crippen LogP contribution < -0.4 is 0 Å². The molecular weight excluding hydrogens is 310 g/mol. The lowest BCUT2D eigenvalue weighted by Gasteiger charge is -2.00. The second-order valence-electron chi connectivity index (χ2n) is 1.97. The van der Waals surface area contributed by atoms with Crippen molar-refractivity contribution < 1.29 is 9.53 Å². The molecule has 2 nitrogen and oxygen atoms in total. The Kier molecular flexibility index (Phi) is 4.05. The van der Waals surface area contributed by atoms with Gasteiger partial charge >= 0.3 is 5.97 Å². The summed E-state index contributed by atoms with van der Waals surface area (Å²) < 4.78 is 6.51. The number of alkyl halides is 1. The van der Waals surface area contributed by atoms with Gasteiger partial charge in [0.15, 0.2) is 0 Å². The monoisotopic (exact) mass is 318 g/mol. The van der Waals surface area contributed by atoms with Gasteiger partial charge in [-0.3, -0.25) is 0 Å². The summed E-state index contributed by atoms with van der Waals surface area (Å²) in [5.74, 6) is -0.209. The van der Waals surface area contributed by atoms with Gasteiger partial charge in [0.2, 0.25) is 0 Å². The van der Waals surface area contributed by atoms with Crippen LogP contribution in [-0.4, -0.2) is 20.1 Å². The van der Waals surface area contributed by atoms with Crippen molar-refractivity contribution in [2.45, 2.75) is 11.6 Å². The molecule has 0 bridgehead atoms. The number of carbonyl (C=O) groups excluding carboxylic acids is 1. The zero-order valence-electron chi connectivity index (χ0n) is 6.47. The molecular formula is C7H8ClIO2S. The standard InChI is InChI=1S/C7H8ClIO2S/c1-3-11-7(10)6-9-4(2)5(8)12-6/h5H,2-3H2,1H3. The number of thioether (sulfide) groups is 1. The van der Waals surface area contributed by atoms with Gasteiger partial charge in [-0.25, -0.2) is 4.79 Å². The summed E-state index contributed by atoms with van der Waals surface area (Å²) in [6.07, 6.45) is 0. The van der Waals surface area contributed by atoms with Gasteiger partial charge < -0.3 is 4.74 Å². The van der Waals surface area contributed by atoms with Gasteiger partial charge in [0, 0.05) is 3.58 Å². The first-order chi connectivity index (χ1) is 5.65. The van der Waals surface area contributed by atoms with Crippen LogP contribution in [0.15, 0.2) is 10.2 Å². The summed E-state index contributed by atoms with van der Waals surface area (Å²) in [5.41, 5.74) is 0. The summed E-state index contributed by atoms with van der Waals surface area (Å²) >= 11 is 6.84. The van der Waals surface area contributed by atoms with Crippen LogP contribution in [0, 0.1) is 0 Å². The highest BCUT2D eigenvalue weighted by Gasteiger charge is 2.25. The summed E-state index contributed by atoms with van der Waals surface area (Å²) in [5, 5.41) is 0. The first-order valence-electron chi connectivity index (χ1n) is 3.33. The van der Waals surface area contributed by atoms with Crippen LogP contribution in [0.3, 0.4) is 0 Å². The Balaban J connectivity index is 2.61. The minimum absolute atomic E-state index is 0.114. The maximum absolute atomic E-state index is 11.2. The average Bonchev–Trinajstić information content (AvgIpc) is 2.33. The summed E-state index contributed by atoms with van der Waals surface area (Å²) in [6.45, 7) is 6.01. The smallest absolute Gasteiger partial charge is 0.350 e. The van der Waals surface area contributed by atoms with Crippen LogP contribution >= 0.6 is 44.1 Å². The molecule has 0 aromatic rings. The Morgan fingerprint density at radius 2 is 2.58 bits per heavy atom. The molecule has 12 heavy (non-hydrogen) atoms. The van der Waals surface area contributed by atoms with Crippen LogP contribution in [0.1, 0.15) is 6.92 Å². The molecule has 1 rings (SSSR count). The van der Waals surface area contributed by atoms with Crippen LogP contribution in [-0.2, 0) is 9.53 Å². The third-order valence-corrected chi connectivity index (χ3v) is 6.81. The zero-order valence-corrected chi connectivity index (χ0v) is 10.2. The molecule has 1 unspecified atom stereocenters. The van der Waals surface area contributed by atoms with Crippen molar-refractivity contribution >= 4 is 52.9 Å². The van der Waals surface area contributed by atoms with E-state index in [-0.39, 0.29) is 10.7 Å². The predicted molar refractivity (Wildman–Crippen MR) is 62.0 cm³/mol. The number of carbonyl (C=O) groups is 1. The Morgan fingerprint density at radius 1 is 1.92 bits per heavy atom. The highest BCUT2D eigenvalue weighted by atomic mass is 127. The predicted octanol–water partition coefficient (Wildman–Crippen LogP) is 2.48. The molecule has 0 fully saturated rings. The number of halogens is 2. The molecule has 68 valence electrons. The van der Waals surface area contributed by atoms with E-state index in [0.29, 0.717) is 6.61 Å². The fourth-order valence-corrected chi connectivity index (χ4v) is 5.85. The molecule has 0 saturated carbocycles. The zero-order chi connectivity index (χ0) is 9.14. The molecule has 0 aromatic carbocycles. The molecule has 0 aromatic heterocycles. The van der Waals surface area contributed by atoms with Crippen molar-refractivity contribution in [3.63, 3.8) is 0 Å². The fraction of sp³-hybridized carbons (Fsp3) is 0.429. The summed E-state index contributed by atoms with van der Waals surface area (Å²) in [7, 11) is 0. The lowest BCUT2D eigenvalue weighted by Crippen LogP contribution is -2.11. The first-order valence-corrected chi connectivity index (χ1v) is 6.81. The van der Waals surface area contributed by atoms with Crippen molar-refractivity contribution in [2.24, 2.45) is 0 Å². The second kappa shape index (κ2) is 4.62. The molecule has 1 heterocycles. The fourth-order valence-electron chi connectivity index (χ4n) is 0.605. The van der Waals surface area contributed by atoms with E-state index < -0.39 is 20.7 Å². The average molecular weight is 319 g/mol. The Morgan fingerprint density at radius 3 is 3.00 bits per heavy atom. The van der Waals surface area contributed by atoms with E-state index in [1.54, 1.807) is 6.92 Å². The van der Waals surface area contributed by atoms with Crippen molar-refractivity contribution in [1.82, 2.24) is 0 Å². The summed E-state index contributed by atoms with van der Waals surface area (Å²) in [4.78, 5) is 11.2. The van der Waals surface area contributed by atoms with E-state index in [9.17, 15) is 4.79 Å². The van der Waals surface area contributed by atoms with E-state index in [1.807, 2.05) is 0 Å². The third kappa shape index (κ3) is 2.47. The van der Waals surface area contributed by atoms with Crippen molar-refractivity contribution in [3.05, 3.63) is 10.2 Å². The number of hydrogen-bond donors (Lipinski definition) is 0. The van der Waals surface area contributed by atoms with Gasteiger partial charge in [-0.15, -0.1) is 11.6 Å². The molecule has 1 aliphatic rings. The lowest BCUT2D eigenvalue weighted by molar-refractivity contribution is -0.134. The van der Waals surface area contributed by atoms with E-state index in [4.69, 9.17) is 16.3 Å².